The molecule has 6 rings (SSSR count). The van der Waals surface area contributed by atoms with E-state index in [1.54, 1.807) is 0 Å². The van der Waals surface area contributed by atoms with Gasteiger partial charge in [-0.1, -0.05) is 30.3 Å². The largest absolute Gasteiger partial charge is 0.326 e. The molecule has 2 amide bonds. The molecule has 2 aromatic rings. The van der Waals surface area contributed by atoms with Gasteiger partial charge in [-0.05, 0) is 92.5 Å². The van der Waals surface area contributed by atoms with Gasteiger partial charge in [-0.2, -0.15) is 0 Å². The van der Waals surface area contributed by atoms with Gasteiger partial charge >= 0.3 is 0 Å². The van der Waals surface area contributed by atoms with Gasteiger partial charge in [-0.25, -0.2) is 0 Å². The van der Waals surface area contributed by atoms with Gasteiger partial charge in [0, 0.05) is 35.3 Å². The molecule has 34 heavy (non-hydrogen) atoms. The molecule has 3 aliphatic carbocycles. The average molecular weight is 459 g/mol. The molecule has 0 spiro atoms. The van der Waals surface area contributed by atoms with Gasteiger partial charge in [0.25, 0.3) is 0 Å². The number of rotatable bonds is 6. The number of nitrogens with one attached hydrogen (secondary N) is 3. The second kappa shape index (κ2) is 9.35. The van der Waals surface area contributed by atoms with E-state index in [0.717, 1.165) is 75.0 Å². The number of amides is 2. The molecule has 2 aromatic carbocycles. The predicted molar refractivity (Wildman–Crippen MR) is 136 cm³/mol. The fourth-order valence-electron chi connectivity index (χ4n) is 5.77. The van der Waals surface area contributed by atoms with E-state index in [1.807, 2.05) is 36.4 Å². The minimum absolute atomic E-state index is 0.0875. The molecule has 0 radical (unpaired) electrons. The van der Waals surface area contributed by atoms with E-state index in [-0.39, 0.29) is 22.6 Å². The van der Waals surface area contributed by atoms with E-state index in [1.165, 1.54) is 11.1 Å². The van der Waals surface area contributed by atoms with Crippen molar-refractivity contribution >= 4 is 28.8 Å². The van der Waals surface area contributed by atoms with E-state index in [4.69, 9.17) is 5.73 Å². The Morgan fingerprint density at radius 2 is 1.29 bits per heavy atom. The number of nitrogens with two attached hydrogens (primary N) is 1. The molecule has 178 valence electrons. The van der Waals surface area contributed by atoms with Crippen molar-refractivity contribution < 1.29 is 9.59 Å². The Morgan fingerprint density at radius 3 is 1.74 bits per heavy atom. The van der Waals surface area contributed by atoms with Crippen LogP contribution in [0.25, 0.3) is 5.57 Å². The van der Waals surface area contributed by atoms with Crippen LogP contribution in [0.1, 0.15) is 56.1 Å². The zero-order chi connectivity index (χ0) is 23.6. The van der Waals surface area contributed by atoms with Crippen LogP contribution < -0.4 is 21.7 Å². The maximum Gasteiger partial charge on any atom is 0.230 e. The first kappa shape index (κ1) is 22.8. The number of carbonyl (C=O) groups excluding carboxylic acids is 2. The van der Waals surface area contributed by atoms with E-state index in [2.05, 4.69) is 34.2 Å². The van der Waals surface area contributed by atoms with Gasteiger partial charge in [-0.3, -0.25) is 9.59 Å². The van der Waals surface area contributed by atoms with Crippen molar-refractivity contribution in [2.75, 3.05) is 23.7 Å². The number of fused-ring (bicyclic) bond motifs is 3. The predicted octanol–water partition coefficient (Wildman–Crippen LogP) is 4.44. The van der Waals surface area contributed by atoms with Crippen LogP contribution in [0.3, 0.4) is 0 Å². The summed E-state index contributed by atoms with van der Waals surface area (Å²) in [5.74, 6) is 0.192. The van der Waals surface area contributed by atoms with E-state index in [0.29, 0.717) is 6.54 Å². The third kappa shape index (κ3) is 4.40. The van der Waals surface area contributed by atoms with Gasteiger partial charge in [0.05, 0.1) is 0 Å². The Balaban J connectivity index is 1.19. The van der Waals surface area contributed by atoms with E-state index < -0.39 is 0 Å². The van der Waals surface area contributed by atoms with Gasteiger partial charge in [0.15, 0.2) is 0 Å². The lowest BCUT2D eigenvalue weighted by Crippen LogP contribution is -2.52. The Morgan fingerprint density at radius 1 is 0.794 bits per heavy atom. The normalized spacial score (nSPS) is 26.0. The highest BCUT2D eigenvalue weighted by molar-refractivity contribution is 5.98. The standard InChI is InChI=1S/C28H34N4O2/c29-19-20-1-5-23(6-2-20)31-25(33)27-11-14-28(15-12-27,16-13-27)26(34)32-24-7-3-21(4-8-24)22-9-17-30-18-10-22/h1-9,30H,10-19,29H2,(H,31,33)(H,32,34). The van der Waals surface area contributed by atoms with Crippen LogP contribution in [0.2, 0.25) is 0 Å². The van der Waals surface area contributed by atoms with Crippen LogP contribution in [-0.2, 0) is 16.1 Å². The van der Waals surface area contributed by atoms with Gasteiger partial charge < -0.3 is 21.7 Å². The highest BCUT2D eigenvalue weighted by Crippen LogP contribution is 2.57. The summed E-state index contributed by atoms with van der Waals surface area (Å²) in [4.78, 5) is 26.5. The topological polar surface area (TPSA) is 96.2 Å². The Kier molecular flexibility index (Phi) is 6.28. The molecule has 0 aromatic heterocycles. The SMILES string of the molecule is NCc1ccc(NC(=O)C23CCC(C(=O)Nc4ccc(C5=CCNCC5)cc4)(CC2)CC3)cc1. The maximum absolute atomic E-state index is 13.3. The van der Waals surface area contributed by atoms with Crippen molar-refractivity contribution in [3.05, 3.63) is 65.7 Å². The number of benzene rings is 2. The molecule has 1 aliphatic heterocycles. The van der Waals surface area contributed by atoms with Crippen LogP contribution in [0.15, 0.2) is 54.6 Å². The maximum atomic E-state index is 13.3. The fourth-order valence-corrected chi connectivity index (χ4v) is 5.77. The second-order valence-electron chi connectivity index (χ2n) is 10.1. The fraction of sp³-hybridized carbons (Fsp3) is 0.429. The van der Waals surface area contributed by atoms with Crippen molar-refractivity contribution in [3.63, 3.8) is 0 Å². The summed E-state index contributed by atoms with van der Waals surface area (Å²) < 4.78 is 0. The van der Waals surface area contributed by atoms with Gasteiger partial charge in [0.2, 0.25) is 11.8 Å². The zero-order valence-electron chi connectivity index (χ0n) is 19.7. The number of anilines is 2. The number of hydrogen-bond acceptors (Lipinski definition) is 4. The summed E-state index contributed by atoms with van der Waals surface area (Å²) >= 11 is 0. The monoisotopic (exact) mass is 458 g/mol. The summed E-state index contributed by atoms with van der Waals surface area (Å²) in [5.41, 5.74) is 10.2. The van der Waals surface area contributed by atoms with Crippen LogP contribution in [0, 0.1) is 10.8 Å². The Bertz CT molecular complexity index is 1060. The molecule has 4 aliphatic rings. The summed E-state index contributed by atoms with van der Waals surface area (Å²) in [5, 5.41) is 9.61. The summed E-state index contributed by atoms with van der Waals surface area (Å²) in [6, 6.07) is 15.9. The third-order valence-electron chi connectivity index (χ3n) is 8.23. The van der Waals surface area contributed by atoms with Crippen LogP contribution in [0.5, 0.6) is 0 Å². The summed E-state index contributed by atoms with van der Waals surface area (Å²) in [6.07, 6.45) is 7.82. The molecule has 6 nitrogen and oxygen atoms in total. The van der Waals surface area contributed by atoms with Crippen LogP contribution in [-0.4, -0.2) is 24.9 Å². The highest BCUT2D eigenvalue weighted by Gasteiger charge is 2.55. The minimum atomic E-state index is -0.362. The number of hydrogen-bond donors (Lipinski definition) is 4. The van der Waals surface area contributed by atoms with Crippen molar-refractivity contribution in [2.24, 2.45) is 16.6 Å². The first-order valence-electron chi connectivity index (χ1n) is 12.4. The molecule has 3 saturated carbocycles. The lowest BCUT2D eigenvalue weighted by molar-refractivity contribution is -0.144. The molecule has 5 N–H and O–H groups in total. The lowest BCUT2D eigenvalue weighted by Gasteiger charge is -2.51. The molecule has 3 fully saturated rings. The van der Waals surface area contributed by atoms with E-state index >= 15 is 0 Å². The first-order valence-corrected chi connectivity index (χ1v) is 12.4. The summed E-state index contributed by atoms with van der Waals surface area (Å²) in [6.45, 7) is 2.41. The molecule has 0 unspecified atom stereocenters. The van der Waals surface area contributed by atoms with Gasteiger partial charge in [0.1, 0.15) is 0 Å². The van der Waals surface area contributed by atoms with Gasteiger partial charge in [-0.15, -0.1) is 0 Å². The smallest absolute Gasteiger partial charge is 0.230 e. The van der Waals surface area contributed by atoms with Crippen molar-refractivity contribution in [3.8, 4) is 0 Å². The minimum Gasteiger partial charge on any atom is -0.326 e. The Hall–Kier alpha value is -2.96. The second-order valence-corrected chi connectivity index (χ2v) is 10.1. The molecular weight excluding hydrogens is 424 g/mol. The van der Waals surface area contributed by atoms with Crippen molar-refractivity contribution in [1.82, 2.24) is 5.32 Å². The lowest BCUT2D eigenvalue weighted by atomic mass is 9.53. The molecule has 0 atom stereocenters. The van der Waals surface area contributed by atoms with Crippen molar-refractivity contribution in [1.29, 1.82) is 0 Å². The van der Waals surface area contributed by atoms with Crippen LogP contribution >= 0.6 is 0 Å². The molecular formula is C28H34N4O2. The molecule has 1 heterocycles. The highest BCUT2D eigenvalue weighted by atomic mass is 16.2. The summed E-state index contributed by atoms with van der Waals surface area (Å²) in [7, 11) is 0. The molecule has 6 heteroatoms. The first-order chi connectivity index (χ1) is 16.5. The molecule has 2 bridgehead atoms. The third-order valence-corrected chi connectivity index (χ3v) is 8.23. The Labute approximate surface area is 201 Å². The zero-order valence-corrected chi connectivity index (χ0v) is 19.7. The van der Waals surface area contributed by atoms with Crippen molar-refractivity contribution in [2.45, 2.75) is 51.5 Å². The van der Waals surface area contributed by atoms with E-state index in [9.17, 15) is 9.59 Å². The quantitative estimate of drug-likeness (QED) is 0.515. The van der Waals surface area contributed by atoms with Crippen LogP contribution in [0.4, 0.5) is 11.4 Å². The average Bonchev–Trinajstić information content (AvgIpc) is 2.91. The number of carbonyl (C=O) groups is 2. The molecule has 0 saturated heterocycles.